The predicted molar refractivity (Wildman–Crippen MR) is 135 cm³/mol. The zero-order chi connectivity index (χ0) is 24.0. The first-order valence-electron chi connectivity index (χ1n) is 11.2. The van der Waals surface area contributed by atoms with Crippen LogP contribution in [0, 0.1) is 0 Å². The van der Waals surface area contributed by atoms with Gasteiger partial charge < -0.3 is 10.1 Å². The lowest BCUT2D eigenvalue weighted by Gasteiger charge is -2.10. The van der Waals surface area contributed by atoms with Gasteiger partial charge in [0.25, 0.3) is 5.95 Å². The molecule has 1 amide bonds. The molecule has 2 aromatic heterocycles. The van der Waals surface area contributed by atoms with Crippen LogP contribution in [0.1, 0.15) is 13.3 Å². The molecule has 35 heavy (non-hydrogen) atoms. The van der Waals surface area contributed by atoms with E-state index in [1.165, 1.54) is 11.8 Å². The average Bonchev–Trinajstić information content (AvgIpc) is 3.50. The minimum atomic E-state index is -0.0741. The number of carbonyl (C=O) groups excluding carboxylic acids is 1. The molecule has 0 bridgehead atoms. The number of aromatic nitrogens is 6. The lowest BCUT2D eigenvalue weighted by molar-refractivity contribution is -0.115. The summed E-state index contributed by atoms with van der Waals surface area (Å²) >= 11 is 1.46. The van der Waals surface area contributed by atoms with Crippen molar-refractivity contribution in [2.75, 3.05) is 17.7 Å². The highest BCUT2D eigenvalue weighted by Gasteiger charge is 2.19. The molecule has 0 saturated carbocycles. The summed E-state index contributed by atoms with van der Waals surface area (Å²) in [6, 6.07) is 24.9. The second-order valence-corrected chi connectivity index (χ2v) is 8.61. The van der Waals surface area contributed by atoms with Crippen molar-refractivity contribution in [3.63, 3.8) is 0 Å². The summed E-state index contributed by atoms with van der Waals surface area (Å²) in [5.41, 5.74) is 3.24. The van der Waals surface area contributed by atoms with Gasteiger partial charge in [-0.25, -0.2) is 0 Å². The van der Waals surface area contributed by atoms with Gasteiger partial charge in [0.1, 0.15) is 11.3 Å². The Hall–Kier alpha value is -4.18. The standard InChI is InChI=1S/C25H23N7O2S/c1-2-34-20-14-12-18(13-15-20)26-23(33)16-17-35-25-29-28-24(31(25)19-8-4-3-5-9-19)32-22-11-7-6-10-21(22)27-30-32/h3-15H,2,16-17H2,1H3,(H,26,33). The van der Waals surface area contributed by atoms with E-state index in [2.05, 4.69) is 25.8 Å². The van der Waals surface area contributed by atoms with E-state index in [-0.39, 0.29) is 5.91 Å². The van der Waals surface area contributed by atoms with Gasteiger partial charge in [-0.15, -0.1) is 15.3 Å². The highest BCUT2D eigenvalue weighted by molar-refractivity contribution is 7.99. The molecule has 0 atom stereocenters. The maximum Gasteiger partial charge on any atom is 0.259 e. The summed E-state index contributed by atoms with van der Waals surface area (Å²) in [5, 5.41) is 20.9. The molecule has 1 N–H and O–H groups in total. The smallest absolute Gasteiger partial charge is 0.259 e. The van der Waals surface area contributed by atoms with Crippen LogP contribution in [0.4, 0.5) is 5.69 Å². The third kappa shape index (κ3) is 5.02. The monoisotopic (exact) mass is 485 g/mol. The molecular weight excluding hydrogens is 462 g/mol. The third-order valence-electron chi connectivity index (χ3n) is 5.18. The molecular formula is C25H23N7O2S. The number of ether oxygens (including phenoxy) is 1. The lowest BCUT2D eigenvalue weighted by Crippen LogP contribution is -2.12. The zero-order valence-electron chi connectivity index (χ0n) is 19.0. The van der Waals surface area contributed by atoms with Crippen LogP contribution < -0.4 is 10.1 Å². The van der Waals surface area contributed by atoms with Crippen LogP contribution in [0.25, 0.3) is 22.7 Å². The van der Waals surface area contributed by atoms with Crippen molar-refractivity contribution < 1.29 is 9.53 Å². The van der Waals surface area contributed by atoms with Crippen LogP contribution >= 0.6 is 11.8 Å². The first-order valence-corrected chi connectivity index (χ1v) is 12.2. The van der Waals surface area contributed by atoms with E-state index in [1.54, 1.807) is 4.68 Å². The van der Waals surface area contributed by atoms with Gasteiger partial charge in [-0.1, -0.05) is 47.3 Å². The second-order valence-electron chi connectivity index (χ2n) is 7.55. The fourth-order valence-electron chi connectivity index (χ4n) is 3.57. The van der Waals surface area contributed by atoms with E-state index in [0.717, 1.165) is 28.2 Å². The summed E-state index contributed by atoms with van der Waals surface area (Å²) in [6.07, 6.45) is 0.321. The van der Waals surface area contributed by atoms with Gasteiger partial charge >= 0.3 is 0 Å². The van der Waals surface area contributed by atoms with Gasteiger partial charge in [0.15, 0.2) is 5.16 Å². The fraction of sp³-hybridized carbons (Fsp3) is 0.160. The number of para-hydroxylation sites is 2. The Labute approximate surface area is 206 Å². The Morgan fingerprint density at radius 3 is 2.51 bits per heavy atom. The number of thioether (sulfide) groups is 1. The fourth-order valence-corrected chi connectivity index (χ4v) is 4.46. The van der Waals surface area contributed by atoms with Crippen LogP contribution in [0.2, 0.25) is 0 Å². The van der Waals surface area contributed by atoms with Crippen molar-refractivity contribution >= 4 is 34.4 Å². The van der Waals surface area contributed by atoms with E-state index >= 15 is 0 Å². The molecule has 0 fully saturated rings. The highest BCUT2D eigenvalue weighted by atomic mass is 32.2. The molecule has 5 aromatic rings. The number of amides is 1. The van der Waals surface area contributed by atoms with Crippen molar-refractivity contribution in [3.05, 3.63) is 78.9 Å². The Kier molecular flexibility index (Phi) is 6.71. The molecule has 2 heterocycles. The number of rotatable bonds is 9. The Morgan fingerprint density at radius 1 is 0.943 bits per heavy atom. The number of hydrogen-bond donors (Lipinski definition) is 1. The first-order chi connectivity index (χ1) is 17.2. The Bertz CT molecular complexity index is 1430. The molecule has 0 radical (unpaired) electrons. The lowest BCUT2D eigenvalue weighted by atomic mass is 10.3. The molecule has 0 aliphatic rings. The van der Waals surface area contributed by atoms with Gasteiger partial charge in [0, 0.05) is 17.9 Å². The van der Waals surface area contributed by atoms with Crippen LogP contribution in [0.5, 0.6) is 5.75 Å². The van der Waals surface area contributed by atoms with Crippen LogP contribution in [-0.2, 0) is 4.79 Å². The molecule has 176 valence electrons. The number of anilines is 1. The molecule has 0 aliphatic heterocycles. The van der Waals surface area contributed by atoms with Crippen molar-refractivity contribution in [2.24, 2.45) is 0 Å². The minimum absolute atomic E-state index is 0.0741. The molecule has 5 rings (SSSR count). The number of nitrogens with zero attached hydrogens (tertiary/aromatic N) is 6. The number of hydrogen-bond acceptors (Lipinski definition) is 7. The largest absolute Gasteiger partial charge is 0.494 e. The molecule has 0 unspecified atom stereocenters. The number of nitrogens with one attached hydrogen (secondary N) is 1. The summed E-state index contributed by atoms with van der Waals surface area (Å²) in [4.78, 5) is 12.5. The number of carbonyl (C=O) groups is 1. The maximum atomic E-state index is 12.5. The maximum absolute atomic E-state index is 12.5. The number of benzene rings is 3. The first kappa shape index (κ1) is 22.6. The topological polar surface area (TPSA) is 99.8 Å². The molecule has 3 aromatic carbocycles. The average molecular weight is 486 g/mol. The predicted octanol–water partition coefficient (Wildman–Crippen LogP) is 4.52. The van der Waals surface area contributed by atoms with E-state index < -0.39 is 0 Å². The van der Waals surface area contributed by atoms with Crippen molar-refractivity contribution in [3.8, 4) is 17.4 Å². The van der Waals surface area contributed by atoms with Crippen molar-refractivity contribution in [1.29, 1.82) is 0 Å². The summed E-state index contributed by atoms with van der Waals surface area (Å²) in [6.45, 7) is 2.54. The van der Waals surface area contributed by atoms with Gasteiger partial charge in [0.05, 0.1) is 17.8 Å². The van der Waals surface area contributed by atoms with E-state index in [1.807, 2.05) is 90.4 Å². The van der Waals surface area contributed by atoms with E-state index in [9.17, 15) is 4.79 Å². The van der Waals surface area contributed by atoms with Gasteiger partial charge in [-0.3, -0.25) is 9.36 Å². The molecule has 0 saturated heterocycles. The zero-order valence-corrected chi connectivity index (χ0v) is 19.9. The van der Waals surface area contributed by atoms with Crippen LogP contribution in [0.15, 0.2) is 84.0 Å². The molecule has 0 aliphatic carbocycles. The second kappa shape index (κ2) is 10.4. The molecule has 0 spiro atoms. The van der Waals surface area contributed by atoms with Gasteiger partial charge in [-0.2, -0.15) is 4.68 Å². The van der Waals surface area contributed by atoms with E-state index in [0.29, 0.717) is 29.9 Å². The summed E-state index contributed by atoms with van der Waals surface area (Å²) < 4.78 is 9.04. The van der Waals surface area contributed by atoms with Crippen LogP contribution in [0.3, 0.4) is 0 Å². The quantitative estimate of drug-likeness (QED) is 0.306. The molecule has 9 nitrogen and oxygen atoms in total. The van der Waals surface area contributed by atoms with Crippen molar-refractivity contribution in [2.45, 2.75) is 18.5 Å². The Balaban J connectivity index is 1.32. The van der Waals surface area contributed by atoms with Crippen molar-refractivity contribution in [1.82, 2.24) is 29.8 Å². The van der Waals surface area contributed by atoms with Gasteiger partial charge in [0.2, 0.25) is 5.91 Å². The normalized spacial score (nSPS) is 11.0. The van der Waals surface area contributed by atoms with Gasteiger partial charge in [-0.05, 0) is 55.5 Å². The third-order valence-corrected chi connectivity index (χ3v) is 6.11. The minimum Gasteiger partial charge on any atom is -0.494 e. The summed E-state index contributed by atoms with van der Waals surface area (Å²) in [5.74, 6) is 1.77. The SMILES string of the molecule is CCOc1ccc(NC(=O)CCSc2nnc(-n3nnc4ccccc43)n2-c2ccccc2)cc1. The number of fused-ring (bicyclic) bond motifs is 1. The van der Waals surface area contributed by atoms with Crippen LogP contribution in [-0.4, -0.2) is 48.0 Å². The van der Waals surface area contributed by atoms with E-state index in [4.69, 9.17) is 4.74 Å². The summed E-state index contributed by atoms with van der Waals surface area (Å²) in [7, 11) is 0. The Morgan fingerprint density at radius 2 is 1.71 bits per heavy atom. The highest BCUT2D eigenvalue weighted by Crippen LogP contribution is 2.26. The molecule has 10 heteroatoms.